The molecule has 38 heavy (non-hydrogen) atoms. The van der Waals surface area contributed by atoms with E-state index in [1.807, 2.05) is 6.07 Å². The maximum absolute atomic E-state index is 15.0. The molecule has 0 saturated carbocycles. The number of benzene rings is 1. The Morgan fingerprint density at radius 3 is 2.74 bits per heavy atom. The van der Waals surface area contributed by atoms with Gasteiger partial charge in [0.25, 0.3) is 5.91 Å². The Balaban J connectivity index is 1.68. The number of pyridine rings is 1. The lowest BCUT2D eigenvalue weighted by Gasteiger charge is -2.23. The first kappa shape index (κ1) is 20.7. The molecule has 2 aliphatic heterocycles. The summed E-state index contributed by atoms with van der Waals surface area (Å²) in [6.07, 6.45) is -0.130. The Kier molecular flexibility index (Phi) is 4.86. The van der Waals surface area contributed by atoms with Crippen LogP contribution in [0.1, 0.15) is 61.2 Å². The van der Waals surface area contributed by atoms with Gasteiger partial charge in [0.15, 0.2) is 5.82 Å². The van der Waals surface area contributed by atoms with E-state index in [-0.39, 0.29) is 46.1 Å². The van der Waals surface area contributed by atoms with Crippen LogP contribution in [0.4, 0.5) is 15.0 Å². The number of aliphatic hydroxyl groups is 1. The molecular formula is C27H27FN6O4. The van der Waals surface area contributed by atoms with Crippen LogP contribution in [0.5, 0.6) is 0 Å². The molecular weight excluding hydrogens is 491 g/mol. The monoisotopic (exact) mass is 522 g/mol. The number of ether oxygens (including phenoxy) is 1. The van der Waals surface area contributed by atoms with Crippen molar-refractivity contribution in [2.75, 3.05) is 17.9 Å². The third-order valence-corrected chi connectivity index (χ3v) is 5.83. The highest BCUT2D eigenvalue weighted by atomic mass is 19.1. The lowest BCUT2D eigenvalue weighted by atomic mass is 10.0. The van der Waals surface area contributed by atoms with Crippen molar-refractivity contribution in [3.8, 4) is 23.0 Å². The van der Waals surface area contributed by atoms with Gasteiger partial charge < -0.3 is 14.7 Å². The van der Waals surface area contributed by atoms with Gasteiger partial charge >= 0.3 is 6.09 Å². The minimum Gasteiger partial charge on any atom is -0.443 e. The topological polar surface area (TPSA) is 125 Å². The minimum absolute atomic E-state index is 0.0240. The van der Waals surface area contributed by atoms with Crippen LogP contribution in [0.25, 0.3) is 16.9 Å². The molecule has 1 atom stereocenters. The molecule has 0 spiro atoms. The summed E-state index contributed by atoms with van der Waals surface area (Å²) in [6, 6.07) is 8.46. The predicted molar refractivity (Wildman–Crippen MR) is 135 cm³/mol. The van der Waals surface area contributed by atoms with Crippen LogP contribution in [0, 0.1) is 17.1 Å². The number of hydrogen-bond donors (Lipinski definition) is 1. The zero-order valence-corrected chi connectivity index (χ0v) is 21.1. The molecule has 4 heterocycles. The summed E-state index contributed by atoms with van der Waals surface area (Å²) in [5.74, 6) is -1.70. The number of anilines is 1. The number of hydrogen-bond acceptors (Lipinski definition) is 8. The van der Waals surface area contributed by atoms with Crippen molar-refractivity contribution in [1.29, 1.82) is 5.26 Å². The van der Waals surface area contributed by atoms with Crippen molar-refractivity contribution < 1.29 is 29.3 Å². The van der Waals surface area contributed by atoms with Crippen molar-refractivity contribution in [2.45, 2.75) is 51.9 Å². The summed E-state index contributed by atoms with van der Waals surface area (Å²) in [5.41, 5.74) is -3.10. The van der Waals surface area contributed by atoms with E-state index in [0.29, 0.717) is 0 Å². The van der Waals surface area contributed by atoms with Gasteiger partial charge in [-0.3, -0.25) is 4.79 Å². The first-order chi connectivity index (χ1) is 19.4. The SMILES string of the molecule is [2H]C1([2H])CC(C)(O)C([2H])([2H])N1c1ccn(-c2cc(-c3c(F)cccc3C#N)nc3c2C(=O)N(C(=O)OC(C)(C)C)C3)n1. The number of fused-ring (bicyclic) bond motifs is 1. The maximum Gasteiger partial charge on any atom is 0.417 e. The summed E-state index contributed by atoms with van der Waals surface area (Å²) in [7, 11) is 0. The van der Waals surface area contributed by atoms with Gasteiger partial charge in [0, 0.05) is 28.0 Å². The zero-order valence-electron chi connectivity index (χ0n) is 25.1. The quantitative estimate of drug-likeness (QED) is 0.551. The fourth-order valence-corrected chi connectivity index (χ4v) is 4.20. The largest absolute Gasteiger partial charge is 0.443 e. The molecule has 2 amide bonds. The van der Waals surface area contributed by atoms with Crippen molar-refractivity contribution in [1.82, 2.24) is 19.7 Å². The Labute approximate surface area is 224 Å². The summed E-state index contributed by atoms with van der Waals surface area (Å²) < 4.78 is 55.2. The van der Waals surface area contributed by atoms with Crippen LogP contribution in [0.15, 0.2) is 36.5 Å². The molecule has 1 saturated heterocycles. The predicted octanol–water partition coefficient (Wildman–Crippen LogP) is 3.80. The van der Waals surface area contributed by atoms with E-state index in [1.165, 1.54) is 37.4 Å². The zero-order chi connectivity index (χ0) is 31.0. The molecule has 1 N–H and O–H groups in total. The van der Waals surface area contributed by atoms with Gasteiger partial charge in [-0.1, -0.05) is 6.07 Å². The molecule has 5 rings (SSSR count). The average molecular weight is 523 g/mol. The van der Waals surface area contributed by atoms with Crippen LogP contribution in [0.3, 0.4) is 0 Å². The highest BCUT2D eigenvalue weighted by molar-refractivity contribution is 6.08. The Morgan fingerprint density at radius 1 is 1.32 bits per heavy atom. The third-order valence-electron chi connectivity index (χ3n) is 5.83. The molecule has 2 aliphatic rings. The Hall–Kier alpha value is -4.30. The lowest BCUT2D eigenvalue weighted by molar-refractivity contribution is 0.0247. The first-order valence-corrected chi connectivity index (χ1v) is 11.7. The summed E-state index contributed by atoms with van der Waals surface area (Å²) in [5, 5.41) is 24.6. The highest BCUT2D eigenvalue weighted by Crippen LogP contribution is 2.35. The van der Waals surface area contributed by atoms with E-state index >= 15 is 4.39 Å². The number of nitrogens with zero attached hydrogens (tertiary/aromatic N) is 6. The van der Waals surface area contributed by atoms with E-state index < -0.39 is 48.4 Å². The van der Waals surface area contributed by atoms with Crippen LogP contribution < -0.4 is 4.90 Å². The third kappa shape index (κ3) is 4.59. The number of imide groups is 1. The van der Waals surface area contributed by atoms with Gasteiger partial charge in [-0.25, -0.2) is 23.8 Å². The molecule has 2 aromatic heterocycles. The number of carbonyl (C=O) groups is 2. The number of halogens is 1. The lowest BCUT2D eigenvalue weighted by Crippen LogP contribution is -2.37. The second-order valence-electron chi connectivity index (χ2n) is 10.2. The second kappa shape index (κ2) is 8.92. The van der Waals surface area contributed by atoms with Gasteiger partial charge in [-0.05, 0) is 52.3 Å². The molecule has 0 bridgehead atoms. The summed E-state index contributed by atoms with van der Waals surface area (Å²) >= 11 is 0. The first-order valence-electron chi connectivity index (χ1n) is 13.7. The van der Waals surface area contributed by atoms with Crippen molar-refractivity contribution in [2.24, 2.45) is 0 Å². The average Bonchev–Trinajstić information content (AvgIpc) is 3.48. The Morgan fingerprint density at radius 2 is 2.08 bits per heavy atom. The standard InChI is InChI=1S/C27H27FN6O4/c1-26(2,3)38-25(36)33-14-19-23(24(33)35)20(12-18(30-19)22-16(13-29)6-5-7-17(22)28)34-10-8-21(31-34)32-11-9-27(4,37)15-32/h5-8,10,12,37H,9,11,14-15H2,1-4H3/i11D2,15D2. The fraction of sp³-hybridized carbons (Fsp3) is 0.370. The van der Waals surface area contributed by atoms with Crippen molar-refractivity contribution in [3.63, 3.8) is 0 Å². The molecule has 1 aromatic carbocycles. The molecule has 10 nitrogen and oxygen atoms in total. The van der Waals surface area contributed by atoms with Crippen molar-refractivity contribution >= 4 is 17.8 Å². The molecule has 196 valence electrons. The van der Waals surface area contributed by atoms with Crippen LogP contribution in [-0.2, 0) is 11.3 Å². The van der Waals surface area contributed by atoms with Crippen LogP contribution in [0.2, 0.25) is 0 Å². The smallest absolute Gasteiger partial charge is 0.417 e. The van der Waals surface area contributed by atoms with Gasteiger partial charge in [-0.2, -0.15) is 10.4 Å². The van der Waals surface area contributed by atoms with E-state index in [4.69, 9.17) is 10.2 Å². The summed E-state index contributed by atoms with van der Waals surface area (Å²) in [6.45, 7) is 0.916. The maximum atomic E-state index is 15.0. The highest BCUT2D eigenvalue weighted by Gasteiger charge is 2.39. The van der Waals surface area contributed by atoms with Gasteiger partial charge in [0.05, 0.1) is 54.7 Å². The van der Waals surface area contributed by atoms with Gasteiger partial charge in [-0.15, -0.1) is 0 Å². The normalized spacial score (nSPS) is 23.2. The van der Waals surface area contributed by atoms with Gasteiger partial charge in [0.2, 0.25) is 0 Å². The molecule has 11 heteroatoms. The Bertz CT molecular complexity index is 1680. The van der Waals surface area contributed by atoms with E-state index in [2.05, 4.69) is 10.1 Å². The van der Waals surface area contributed by atoms with E-state index in [9.17, 15) is 20.0 Å². The molecule has 1 fully saturated rings. The van der Waals surface area contributed by atoms with Crippen LogP contribution in [-0.4, -0.2) is 61.0 Å². The molecule has 0 aliphatic carbocycles. The van der Waals surface area contributed by atoms with E-state index in [1.54, 1.807) is 20.8 Å². The molecule has 0 radical (unpaired) electrons. The number of amides is 2. The van der Waals surface area contributed by atoms with Crippen molar-refractivity contribution in [3.05, 3.63) is 59.2 Å². The number of carbonyl (C=O) groups excluding carboxylic acids is 2. The number of β-amino-alcohol motifs (C(OH)–C–C–N with tert-alkyl or cyclic N) is 1. The second-order valence-corrected chi connectivity index (χ2v) is 10.2. The molecule has 3 aromatic rings. The summed E-state index contributed by atoms with van der Waals surface area (Å²) in [4.78, 5) is 32.5. The molecule has 1 unspecified atom stereocenters. The number of rotatable bonds is 3. The minimum atomic E-state index is -2.56. The van der Waals surface area contributed by atoms with Gasteiger partial charge in [0.1, 0.15) is 11.4 Å². The fourth-order valence-electron chi connectivity index (χ4n) is 4.20. The van der Waals surface area contributed by atoms with E-state index in [0.717, 1.165) is 20.5 Å². The number of aromatic nitrogens is 3. The van der Waals surface area contributed by atoms with Crippen LogP contribution >= 0.6 is 0 Å². The number of nitriles is 1.